The molecule has 1 fully saturated rings. The van der Waals surface area contributed by atoms with E-state index in [0.717, 1.165) is 12.8 Å². The predicted octanol–water partition coefficient (Wildman–Crippen LogP) is 1.75. The van der Waals surface area contributed by atoms with Crippen LogP contribution < -0.4 is 5.32 Å². The number of β-lactam (4-membered cyclic amide) rings is 1. The molecule has 0 bridgehead atoms. The van der Waals surface area contributed by atoms with E-state index in [0.29, 0.717) is 6.04 Å². The van der Waals surface area contributed by atoms with Gasteiger partial charge in [0.25, 0.3) is 0 Å². The molecule has 1 amide bonds. The number of amides is 1. The number of benzene rings is 1. The highest BCUT2D eigenvalue weighted by Gasteiger charge is 2.37. The number of hydrogen-bond acceptors (Lipinski definition) is 1. The van der Waals surface area contributed by atoms with E-state index in [1.807, 2.05) is 18.2 Å². The second kappa shape index (κ2) is 3.82. The van der Waals surface area contributed by atoms with Crippen molar-refractivity contribution in [3.05, 3.63) is 35.9 Å². The highest BCUT2D eigenvalue weighted by atomic mass is 16.2. The van der Waals surface area contributed by atoms with E-state index < -0.39 is 0 Å². The summed E-state index contributed by atoms with van der Waals surface area (Å²) in [5, 5.41) is 2.95. The Morgan fingerprint density at radius 3 is 2.57 bits per heavy atom. The number of carbonyl (C=O) groups is 1. The van der Waals surface area contributed by atoms with Gasteiger partial charge in [-0.1, -0.05) is 37.3 Å². The number of rotatable bonds is 3. The lowest BCUT2D eigenvalue weighted by Gasteiger charge is -2.36. The zero-order valence-corrected chi connectivity index (χ0v) is 8.36. The van der Waals surface area contributed by atoms with Crippen molar-refractivity contribution >= 4 is 5.91 Å². The predicted molar refractivity (Wildman–Crippen MR) is 55.9 cm³/mol. The largest absolute Gasteiger partial charge is 0.352 e. The zero-order chi connectivity index (χ0) is 9.97. The van der Waals surface area contributed by atoms with Crippen molar-refractivity contribution < 1.29 is 4.79 Å². The molecule has 0 saturated carbocycles. The van der Waals surface area contributed by atoms with Gasteiger partial charge >= 0.3 is 0 Å². The minimum atomic E-state index is 0.216. The maximum Gasteiger partial charge on any atom is 0.225 e. The molecule has 1 N–H and O–H groups in total. The van der Waals surface area contributed by atoms with Crippen molar-refractivity contribution in [2.45, 2.75) is 25.8 Å². The smallest absolute Gasteiger partial charge is 0.225 e. The first kappa shape index (κ1) is 9.25. The van der Waals surface area contributed by atoms with Crippen LogP contribution >= 0.6 is 0 Å². The summed E-state index contributed by atoms with van der Waals surface area (Å²) in [5.41, 5.74) is 1.30. The summed E-state index contributed by atoms with van der Waals surface area (Å²) in [6.07, 6.45) is 1.91. The van der Waals surface area contributed by atoms with Gasteiger partial charge in [0.1, 0.15) is 0 Å². The molecule has 2 rings (SSSR count). The van der Waals surface area contributed by atoms with Gasteiger partial charge in [-0.3, -0.25) is 4.79 Å². The second-order valence-electron chi connectivity index (χ2n) is 3.82. The quantitative estimate of drug-likeness (QED) is 0.721. The van der Waals surface area contributed by atoms with Gasteiger partial charge in [-0.2, -0.15) is 0 Å². The van der Waals surface area contributed by atoms with Crippen LogP contribution in [0.2, 0.25) is 0 Å². The van der Waals surface area contributed by atoms with Crippen LogP contribution in [0.15, 0.2) is 30.3 Å². The number of nitrogens with one attached hydrogen (secondary N) is 1. The summed E-state index contributed by atoms with van der Waals surface area (Å²) < 4.78 is 0. The van der Waals surface area contributed by atoms with Gasteiger partial charge in [-0.15, -0.1) is 0 Å². The molecule has 1 aromatic carbocycles. The lowest BCUT2D eigenvalue weighted by Crippen LogP contribution is -2.58. The molecule has 0 aromatic heterocycles. The monoisotopic (exact) mass is 189 g/mol. The molecule has 74 valence electrons. The van der Waals surface area contributed by atoms with E-state index in [1.165, 1.54) is 5.56 Å². The van der Waals surface area contributed by atoms with Crippen LogP contribution in [0.3, 0.4) is 0 Å². The van der Waals surface area contributed by atoms with E-state index in [-0.39, 0.29) is 11.8 Å². The van der Waals surface area contributed by atoms with Crippen molar-refractivity contribution in [2.24, 2.45) is 5.92 Å². The molecule has 14 heavy (non-hydrogen) atoms. The molecule has 0 radical (unpaired) electrons. The number of carbonyl (C=O) groups excluding carboxylic acids is 1. The van der Waals surface area contributed by atoms with Crippen LogP contribution in [-0.4, -0.2) is 11.9 Å². The van der Waals surface area contributed by atoms with Crippen molar-refractivity contribution in [1.29, 1.82) is 0 Å². The normalized spacial score (nSPS) is 25.4. The van der Waals surface area contributed by atoms with Gasteiger partial charge in [0, 0.05) is 6.04 Å². The highest BCUT2D eigenvalue weighted by Crippen LogP contribution is 2.21. The van der Waals surface area contributed by atoms with Crippen molar-refractivity contribution in [2.75, 3.05) is 0 Å². The van der Waals surface area contributed by atoms with Crippen LogP contribution in [0.4, 0.5) is 0 Å². The average molecular weight is 189 g/mol. The SMILES string of the molecule is CC[C@H]1C(=O)N[C@@H]1Cc1ccccc1. The summed E-state index contributed by atoms with van der Waals surface area (Å²) in [5.74, 6) is 0.448. The van der Waals surface area contributed by atoms with E-state index >= 15 is 0 Å². The van der Waals surface area contributed by atoms with Crippen LogP contribution in [0.25, 0.3) is 0 Å². The molecular weight excluding hydrogens is 174 g/mol. The van der Waals surface area contributed by atoms with Crippen molar-refractivity contribution in [3.63, 3.8) is 0 Å². The third-order valence-corrected chi connectivity index (χ3v) is 2.89. The molecule has 1 aliphatic heterocycles. The van der Waals surface area contributed by atoms with E-state index in [2.05, 4.69) is 24.4 Å². The molecule has 0 spiro atoms. The maximum atomic E-state index is 11.2. The Labute approximate surface area is 84.3 Å². The van der Waals surface area contributed by atoms with Gasteiger partial charge in [-0.05, 0) is 18.4 Å². The molecule has 2 nitrogen and oxygen atoms in total. The second-order valence-corrected chi connectivity index (χ2v) is 3.82. The first-order chi connectivity index (χ1) is 6.81. The third kappa shape index (κ3) is 1.65. The van der Waals surface area contributed by atoms with Crippen LogP contribution in [0.5, 0.6) is 0 Å². The first-order valence-corrected chi connectivity index (χ1v) is 5.15. The minimum absolute atomic E-state index is 0.216. The maximum absolute atomic E-state index is 11.2. The Morgan fingerprint density at radius 1 is 1.29 bits per heavy atom. The fourth-order valence-electron chi connectivity index (χ4n) is 2.01. The van der Waals surface area contributed by atoms with Crippen LogP contribution in [0, 0.1) is 5.92 Å². The Kier molecular flexibility index (Phi) is 2.53. The van der Waals surface area contributed by atoms with Crippen LogP contribution in [0.1, 0.15) is 18.9 Å². The molecule has 0 aliphatic carbocycles. The fourth-order valence-corrected chi connectivity index (χ4v) is 2.01. The van der Waals surface area contributed by atoms with E-state index in [9.17, 15) is 4.79 Å². The Balaban J connectivity index is 1.97. The molecule has 1 heterocycles. The Bertz CT molecular complexity index is 320. The number of hydrogen-bond donors (Lipinski definition) is 1. The Morgan fingerprint density at radius 2 is 2.00 bits per heavy atom. The molecule has 1 aromatic rings. The third-order valence-electron chi connectivity index (χ3n) is 2.89. The average Bonchev–Trinajstić information content (AvgIpc) is 2.19. The molecule has 0 unspecified atom stereocenters. The lowest BCUT2D eigenvalue weighted by molar-refractivity contribution is -0.135. The molecule has 1 aliphatic rings. The van der Waals surface area contributed by atoms with Gasteiger partial charge in [0.2, 0.25) is 5.91 Å². The van der Waals surface area contributed by atoms with E-state index in [1.54, 1.807) is 0 Å². The van der Waals surface area contributed by atoms with Crippen molar-refractivity contribution in [3.8, 4) is 0 Å². The minimum Gasteiger partial charge on any atom is -0.352 e. The lowest BCUT2D eigenvalue weighted by atomic mass is 9.84. The highest BCUT2D eigenvalue weighted by molar-refractivity contribution is 5.85. The Hall–Kier alpha value is -1.31. The van der Waals surface area contributed by atoms with Gasteiger partial charge in [-0.25, -0.2) is 0 Å². The summed E-state index contributed by atoms with van der Waals surface area (Å²) >= 11 is 0. The van der Waals surface area contributed by atoms with Gasteiger partial charge in [0.15, 0.2) is 0 Å². The summed E-state index contributed by atoms with van der Waals surface area (Å²) in [7, 11) is 0. The zero-order valence-electron chi connectivity index (χ0n) is 8.36. The summed E-state index contributed by atoms with van der Waals surface area (Å²) in [6, 6.07) is 10.7. The first-order valence-electron chi connectivity index (χ1n) is 5.15. The molecule has 2 atom stereocenters. The summed E-state index contributed by atoms with van der Waals surface area (Å²) in [6.45, 7) is 2.07. The molecule has 1 saturated heterocycles. The molecule has 2 heteroatoms. The van der Waals surface area contributed by atoms with Crippen molar-refractivity contribution in [1.82, 2.24) is 5.32 Å². The van der Waals surface area contributed by atoms with Crippen LogP contribution in [-0.2, 0) is 11.2 Å². The summed E-state index contributed by atoms with van der Waals surface area (Å²) in [4.78, 5) is 11.2. The molecular formula is C12H15NO. The van der Waals surface area contributed by atoms with Gasteiger partial charge in [0.05, 0.1) is 5.92 Å². The topological polar surface area (TPSA) is 29.1 Å². The standard InChI is InChI=1S/C12H15NO/c1-2-10-11(13-12(10)14)8-9-6-4-3-5-7-9/h3-7,10-11H,2,8H2,1H3,(H,13,14)/t10-,11-/m1/s1. The van der Waals surface area contributed by atoms with E-state index in [4.69, 9.17) is 0 Å². The fraction of sp³-hybridized carbons (Fsp3) is 0.417. The van der Waals surface area contributed by atoms with Gasteiger partial charge < -0.3 is 5.32 Å².